The summed E-state index contributed by atoms with van der Waals surface area (Å²) in [6.07, 6.45) is 2.03. The van der Waals surface area contributed by atoms with E-state index in [0.29, 0.717) is 30.9 Å². The number of nitrogens with zero attached hydrogens (tertiary/aromatic N) is 3. The summed E-state index contributed by atoms with van der Waals surface area (Å²) in [6, 6.07) is 4.68. The van der Waals surface area contributed by atoms with Gasteiger partial charge >= 0.3 is 7.12 Å². The van der Waals surface area contributed by atoms with Gasteiger partial charge in [-0.15, -0.1) is 0 Å². The molecule has 9 nitrogen and oxygen atoms in total. The van der Waals surface area contributed by atoms with Crippen molar-refractivity contribution in [3.8, 4) is 6.07 Å². The lowest BCUT2D eigenvalue weighted by Gasteiger charge is -2.26. The number of nitrogens with one attached hydrogen (secondary N) is 1. The molecule has 0 radical (unpaired) electrons. The zero-order valence-corrected chi connectivity index (χ0v) is 14.8. The van der Waals surface area contributed by atoms with Crippen molar-refractivity contribution >= 4 is 30.0 Å². The predicted octanol–water partition coefficient (Wildman–Crippen LogP) is 0.184. The monoisotopic (exact) mass is 385 g/mol. The van der Waals surface area contributed by atoms with E-state index in [4.69, 9.17) is 15.1 Å². The first kappa shape index (κ1) is 18.4. The van der Waals surface area contributed by atoms with Crippen molar-refractivity contribution in [2.75, 3.05) is 18.5 Å². The van der Waals surface area contributed by atoms with Crippen LogP contribution in [0, 0.1) is 23.1 Å². The van der Waals surface area contributed by atoms with E-state index in [-0.39, 0.29) is 35.4 Å². The van der Waals surface area contributed by atoms with Crippen LogP contribution in [0.1, 0.15) is 28.4 Å². The fourth-order valence-corrected chi connectivity index (χ4v) is 3.50. The van der Waals surface area contributed by atoms with Gasteiger partial charge in [0.05, 0.1) is 31.2 Å². The van der Waals surface area contributed by atoms with Crippen molar-refractivity contribution < 1.29 is 23.6 Å². The van der Waals surface area contributed by atoms with E-state index in [2.05, 4.69) is 16.5 Å². The standard InChI is InChI=1S/C17H17BFN5O4/c19-13-4-11(3-10-7-28-18(26)15(10)13)22-17-12(16(21)25)6-24(23-17)14-8-27-2-1-9(14)5-20/h3-4,6,9,14,26H,1-2,7-8H2,(H2,21,25)(H,22,23). The smallest absolute Gasteiger partial charge is 0.423 e. The summed E-state index contributed by atoms with van der Waals surface area (Å²) >= 11 is 0. The minimum absolute atomic E-state index is 0.0727. The van der Waals surface area contributed by atoms with Gasteiger partial charge in [-0.05, 0) is 24.1 Å². The molecular formula is C17H17BFN5O4. The van der Waals surface area contributed by atoms with Crippen LogP contribution < -0.4 is 16.5 Å². The second-order valence-electron chi connectivity index (χ2n) is 6.72. The summed E-state index contributed by atoms with van der Waals surface area (Å²) in [6.45, 7) is 0.857. The molecule has 0 spiro atoms. The summed E-state index contributed by atoms with van der Waals surface area (Å²) in [5, 5.41) is 26.3. The predicted molar refractivity (Wildman–Crippen MR) is 96.4 cm³/mol. The largest absolute Gasteiger partial charge is 0.494 e. The number of anilines is 2. The third-order valence-electron chi connectivity index (χ3n) is 4.95. The number of amides is 1. The van der Waals surface area contributed by atoms with E-state index in [1.165, 1.54) is 16.9 Å². The third kappa shape index (κ3) is 3.22. The molecule has 144 valence electrons. The van der Waals surface area contributed by atoms with Crippen LogP contribution in [0.5, 0.6) is 0 Å². The minimum Gasteiger partial charge on any atom is -0.423 e. The molecule has 2 atom stereocenters. The molecule has 4 N–H and O–H groups in total. The Morgan fingerprint density at radius 2 is 2.36 bits per heavy atom. The molecule has 0 saturated carbocycles. The van der Waals surface area contributed by atoms with Gasteiger partial charge in [-0.3, -0.25) is 9.48 Å². The number of hydrogen-bond acceptors (Lipinski definition) is 7. The Kier molecular flexibility index (Phi) is 4.76. The van der Waals surface area contributed by atoms with Gasteiger partial charge in [0.15, 0.2) is 5.82 Å². The van der Waals surface area contributed by atoms with Crippen LogP contribution >= 0.6 is 0 Å². The van der Waals surface area contributed by atoms with Crippen LogP contribution in [0.4, 0.5) is 15.9 Å². The number of nitriles is 1. The number of nitrogens with two attached hydrogens (primary N) is 1. The number of carbonyl (C=O) groups excluding carboxylic acids is 1. The van der Waals surface area contributed by atoms with E-state index in [1.807, 2.05) is 0 Å². The van der Waals surface area contributed by atoms with E-state index in [0.717, 1.165) is 0 Å². The van der Waals surface area contributed by atoms with E-state index >= 15 is 0 Å². The maximum absolute atomic E-state index is 14.3. The molecule has 1 amide bonds. The molecule has 2 aromatic rings. The molecule has 1 aromatic carbocycles. The molecule has 2 aliphatic rings. The average Bonchev–Trinajstić information content (AvgIpc) is 3.26. The third-order valence-corrected chi connectivity index (χ3v) is 4.95. The molecule has 0 aliphatic carbocycles. The van der Waals surface area contributed by atoms with Gasteiger partial charge in [-0.25, -0.2) is 4.39 Å². The molecule has 1 saturated heterocycles. The van der Waals surface area contributed by atoms with E-state index in [9.17, 15) is 19.5 Å². The maximum atomic E-state index is 14.3. The van der Waals surface area contributed by atoms with Crippen LogP contribution in [-0.4, -0.2) is 41.0 Å². The van der Waals surface area contributed by atoms with Crippen molar-refractivity contribution in [1.29, 1.82) is 5.26 Å². The lowest BCUT2D eigenvalue weighted by Crippen LogP contribution is -2.31. The Bertz CT molecular complexity index is 975. The van der Waals surface area contributed by atoms with Crippen molar-refractivity contribution in [2.24, 2.45) is 11.7 Å². The van der Waals surface area contributed by atoms with Crippen molar-refractivity contribution in [3.63, 3.8) is 0 Å². The van der Waals surface area contributed by atoms with Gasteiger partial charge in [0.2, 0.25) is 0 Å². The highest BCUT2D eigenvalue weighted by Gasteiger charge is 2.32. The van der Waals surface area contributed by atoms with E-state index in [1.54, 1.807) is 6.07 Å². The van der Waals surface area contributed by atoms with Gasteiger partial charge in [-0.2, -0.15) is 10.4 Å². The first-order chi connectivity index (χ1) is 13.5. The number of benzene rings is 1. The molecule has 2 aliphatic heterocycles. The Labute approximate surface area is 160 Å². The number of fused-ring (bicyclic) bond motifs is 1. The summed E-state index contributed by atoms with van der Waals surface area (Å²) in [7, 11) is -1.29. The summed E-state index contributed by atoms with van der Waals surface area (Å²) in [5.41, 5.74) is 6.50. The van der Waals surface area contributed by atoms with Gasteiger partial charge in [-0.1, -0.05) is 0 Å². The molecule has 4 rings (SSSR count). The minimum atomic E-state index is -1.29. The summed E-state index contributed by atoms with van der Waals surface area (Å²) in [4.78, 5) is 11.9. The van der Waals surface area contributed by atoms with Crippen LogP contribution in [0.3, 0.4) is 0 Å². The molecule has 0 bridgehead atoms. The number of primary amides is 1. The number of aromatic nitrogens is 2. The van der Waals surface area contributed by atoms with Crippen LogP contribution in [0.2, 0.25) is 0 Å². The SMILES string of the molecule is N#CC1CCOCC1n1cc(C(N)=O)c(Nc2cc(F)c3c(c2)COB3O)n1. The first-order valence-corrected chi connectivity index (χ1v) is 8.73. The Morgan fingerprint density at radius 3 is 3.11 bits per heavy atom. The van der Waals surface area contributed by atoms with Gasteiger partial charge in [0, 0.05) is 24.0 Å². The molecule has 28 heavy (non-hydrogen) atoms. The fourth-order valence-electron chi connectivity index (χ4n) is 3.50. The van der Waals surface area contributed by atoms with Crippen LogP contribution in [0.15, 0.2) is 18.3 Å². The van der Waals surface area contributed by atoms with Crippen molar-refractivity contribution in [1.82, 2.24) is 9.78 Å². The number of ether oxygens (including phenoxy) is 1. The molecule has 1 aromatic heterocycles. The average molecular weight is 385 g/mol. The number of rotatable bonds is 4. The Morgan fingerprint density at radius 1 is 1.54 bits per heavy atom. The van der Waals surface area contributed by atoms with Crippen molar-refractivity contribution in [2.45, 2.75) is 19.1 Å². The molecule has 1 fully saturated rings. The molecule has 2 unspecified atom stereocenters. The summed E-state index contributed by atoms with van der Waals surface area (Å²) < 4.78 is 26.3. The Balaban J connectivity index is 1.67. The highest BCUT2D eigenvalue weighted by molar-refractivity contribution is 6.61. The molecule has 3 heterocycles. The number of halogens is 1. The van der Waals surface area contributed by atoms with Crippen LogP contribution in [0.25, 0.3) is 0 Å². The summed E-state index contributed by atoms with van der Waals surface area (Å²) in [5.74, 6) is -1.50. The fraction of sp³-hybridized carbons (Fsp3) is 0.353. The second kappa shape index (κ2) is 7.24. The van der Waals surface area contributed by atoms with Gasteiger partial charge in [0.25, 0.3) is 5.91 Å². The van der Waals surface area contributed by atoms with Crippen LogP contribution in [-0.2, 0) is 16.0 Å². The second-order valence-corrected chi connectivity index (χ2v) is 6.72. The normalized spacial score (nSPS) is 21.2. The quantitative estimate of drug-likeness (QED) is 0.639. The highest BCUT2D eigenvalue weighted by atomic mass is 19.1. The lowest BCUT2D eigenvalue weighted by atomic mass is 9.79. The van der Waals surface area contributed by atoms with Gasteiger partial charge in [0.1, 0.15) is 11.4 Å². The zero-order valence-electron chi connectivity index (χ0n) is 14.8. The Hall–Kier alpha value is -2.94. The molecular weight excluding hydrogens is 368 g/mol. The van der Waals surface area contributed by atoms with Gasteiger partial charge < -0.3 is 25.5 Å². The van der Waals surface area contributed by atoms with Crippen molar-refractivity contribution in [3.05, 3.63) is 35.3 Å². The molecule has 11 heteroatoms. The number of carbonyl (C=O) groups is 1. The lowest BCUT2D eigenvalue weighted by molar-refractivity contribution is 0.0342. The number of hydrogen-bond donors (Lipinski definition) is 3. The highest BCUT2D eigenvalue weighted by Crippen LogP contribution is 2.29. The topological polar surface area (TPSA) is 135 Å². The zero-order chi connectivity index (χ0) is 19.8. The van der Waals surface area contributed by atoms with E-state index < -0.39 is 18.8 Å². The first-order valence-electron chi connectivity index (χ1n) is 8.73. The maximum Gasteiger partial charge on any atom is 0.494 e.